The van der Waals surface area contributed by atoms with Gasteiger partial charge in [-0.1, -0.05) is 19.8 Å². The number of nitrogens with zero attached hydrogens (tertiary/aromatic N) is 1. The van der Waals surface area contributed by atoms with Gasteiger partial charge in [-0.15, -0.1) is 0 Å². The maximum atomic E-state index is 12.4. The minimum Gasteiger partial charge on any atom is -0.464 e. The van der Waals surface area contributed by atoms with Crippen molar-refractivity contribution in [3.63, 3.8) is 0 Å². The van der Waals surface area contributed by atoms with Crippen LogP contribution in [-0.4, -0.2) is 17.0 Å². The topological polar surface area (TPSA) is 47.2 Å². The quantitative estimate of drug-likeness (QED) is 0.819. The van der Waals surface area contributed by atoms with Crippen molar-refractivity contribution in [2.45, 2.75) is 33.1 Å². The highest BCUT2D eigenvalue weighted by molar-refractivity contribution is 5.99. The number of rotatable bonds is 6. The van der Waals surface area contributed by atoms with E-state index in [1.165, 1.54) is 0 Å². The average Bonchev–Trinajstić information content (AvgIpc) is 3.01. The molecule has 1 amide bonds. The van der Waals surface area contributed by atoms with Gasteiger partial charge in [-0.25, -0.2) is 0 Å². The van der Waals surface area contributed by atoms with Crippen LogP contribution in [0.25, 0.3) is 11.3 Å². The van der Waals surface area contributed by atoms with Gasteiger partial charge in [0, 0.05) is 19.8 Å². The number of hydrogen-bond donors (Lipinski definition) is 1. The predicted molar refractivity (Wildman–Crippen MR) is 79.7 cm³/mol. The Morgan fingerprint density at radius 1 is 1.40 bits per heavy atom. The number of carbonyl (C=O) groups is 1. The van der Waals surface area contributed by atoms with Crippen LogP contribution in [0.1, 0.15) is 42.2 Å². The lowest BCUT2D eigenvalue weighted by molar-refractivity contribution is 0.0945. The van der Waals surface area contributed by atoms with Crippen LogP contribution in [0.4, 0.5) is 0 Å². The summed E-state index contributed by atoms with van der Waals surface area (Å²) in [6, 6.07) is 3.72. The highest BCUT2D eigenvalue weighted by Crippen LogP contribution is 2.29. The number of nitrogens with one attached hydrogen (secondary N) is 1. The highest BCUT2D eigenvalue weighted by atomic mass is 16.3. The highest BCUT2D eigenvalue weighted by Gasteiger charge is 2.21. The number of aryl methyl sites for hydroxylation is 2. The molecule has 0 bridgehead atoms. The molecule has 1 N–H and O–H groups in total. The Morgan fingerprint density at radius 2 is 2.20 bits per heavy atom. The van der Waals surface area contributed by atoms with E-state index >= 15 is 0 Å². The number of carbonyl (C=O) groups excluding carboxylic acids is 1. The maximum absolute atomic E-state index is 12.4. The molecule has 0 atom stereocenters. The average molecular weight is 274 g/mol. The van der Waals surface area contributed by atoms with Crippen LogP contribution in [-0.2, 0) is 7.05 Å². The Hall–Kier alpha value is -1.97. The minimum absolute atomic E-state index is 0.0388. The molecule has 2 rings (SSSR count). The predicted octanol–water partition coefficient (Wildman–Crippen LogP) is 3.51. The molecular formula is C16H22N2O2. The molecule has 2 aromatic rings. The second-order valence-electron chi connectivity index (χ2n) is 5.09. The van der Waals surface area contributed by atoms with E-state index in [1.54, 1.807) is 6.26 Å². The van der Waals surface area contributed by atoms with Gasteiger partial charge in [0.1, 0.15) is 11.5 Å². The summed E-state index contributed by atoms with van der Waals surface area (Å²) in [5.74, 6) is 0.699. The van der Waals surface area contributed by atoms with Crippen LogP contribution in [0.5, 0.6) is 0 Å². The van der Waals surface area contributed by atoms with Crippen molar-refractivity contribution in [3.05, 3.63) is 35.9 Å². The van der Waals surface area contributed by atoms with Gasteiger partial charge in [0.05, 0.1) is 11.8 Å². The molecule has 0 saturated carbocycles. The molecule has 0 aliphatic rings. The van der Waals surface area contributed by atoms with Crippen LogP contribution in [0.3, 0.4) is 0 Å². The zero-order valence-electron chi connectivity index (χ0n) is 12.4. The molecule has 0 radical (unpaired) electrons. The summed E-state index contributed by atoms with van der Waals surface area (Å²) in [4.78, 5) is 12.4. The smallest absolute Gasteiger partial charge is 0.268 e. The SMILES string of the molecule is CCCCCNC(=O)c1c(-c2ccco2)c(C)cn1C. The van der Waals surface area contributed by atoms with Crippen LogP contribution in [0.2, 0.25) is 0 Å². The summed E-state index contributed by atoms with van der Waals surface area (Å²) < 4.78 is 7.32. The molecule has 0 saturated heterocycles. The third-order valence-electron chi connectivity index (χ3n) is 3.42. The van der Waals surface area contributed by atoms with E-state index < -0.39 is 0 Å². The first kappa shape index (κ1) is 14.4. The molecule has 20 heavy (non-hydrogen) atoms. The molecule has 108 valence electrons. The van der Waals surface area contributed by atoms with E-state index in [1.807, 2.05) is 36.9 Å². The first-order valence-electron chi connectivity index (χ1n) is 7.13. The van der Waals surface area contributed by atoms with Gasteiger partial charge in [0.2, 0.25) is 0 Å². The molecule has 0 spiro atoms. The van der Waals surface area contributed by atoms with Crippen LogP contribution < -0.4 is 5.32 Å². The number of amides is 1. The van der Waals surface area contributed by atoms with Gasteiger partial charge in [0.15, 0.2) is 0 Å². The van der Waals surface area contributed by atoms with Gasteiger partial charge in [0.25, 0.3) is 5.91 Å². The van der Waals surface area contributed by atoms with Crippen molar-refractivity contribution in [1.82, 2.24) is 9.88 Å². The fraction of sp³-hybridized carbons (Fsp3) is 0.438. The van der Waals surface area contributed by atoms with Crippen molar-refractivity contribution < 1.29 is 9.21 Å². The number of hydrogen-bond acceptors (Lipinski definition) is 2. The van der Waals surface area contributed by atoms with Gasteiger partial charge < -0.3 is 14.3 Å². The Labute approximate surface area is 119 Å². The fourth-order valence-electron chi connectivity index (χ4n) is 2.45. The molecular weight excluding hydrogens is 252 g/mol. The van der Waals surface area contributed by atoms with E-state index in [0.717, 1.165) is 36.1 Å². The van der Waals surface area contributed by atoms with Gasteiger partial charge in [-0.2, -0.15) is 0 Å². The number of furan rings is 1. The van der Waals surface area contributed by atoms with Crippen LogP contribution in [0, 0.1) is 6.92 Å². The van der Waals surface area contributed by atoms with E-state index in [4.69, 9.17) is 4.42 Å². The molecule has 0 unspecified atom stereocenters. The Bertz CT molecular complexity index is 568. The third kappa shape index (κ3) is 2.95. The summed E-state index contributed by atoms with van der Waals surface area (Å²) in [6.45, 7) is 4.86. The van der Waals surface area contributed by atoms with Crippen LogP contribution in [0.15, 0.2) is 29.0 Å². The molecule has 4 heteroatoms. The van der Waals surface area contributed by atoms with Crippen LogP contribution >= 0.6 is 0 Å². The molecule has 2 heterocycles. The van der Waals surface area contributed by atoms with Gasteiger partial charge >= 0.3 is 0 Å². The molecule has 0 aliphatic heterocycles. The molecule has 0 aromatic carbocycles. The minimum atomic E-state index is -0.0388. The number of unbranched alkanes of at least 4 members (excludes halogenated alkanes) is 2. The van der Waals surface area contributed by atoms with Crippen molar-refractivity contribution in [2.75, 3.05) is 6.54 Å². The first-order chi connectivity index (χ1) is 9.65. The van der Waals surface area contributed by atoms with Crippen molar-refractivity contribution in [3.8, 4) is 11.3 Å². The Kier molecular flexibility index (Phi) is 4.66. The van der Waals surface area contributed by atoms with Gasteiger partial charge in [-0.3, -0.25) is 4.79 Å². The molecule has 2 aromatic heterocycles. The second kappa shape index (κ2) is 6.46. The van der Waals surface area contributed by atoms with Crippen molar-refractivity contribution in [2.24, 2.45) is 7.05 Å². The van der Waals surface area contributed by atoms with Gasteiger partial charge in [-0.05, 0) is 31.0 Å². The summed E-state index contributed by atoms with van der Waals surface area (Å²) in [6.07, 6.45) is 6.89. The zero-order chi connectivity index (χ0) is 14.5. The summed E-state index contributed by atoms with van der Waals surface area (Å²) in [7, 11) is 1.89. The third-order valence-corrected chi connectivity index (χ3v) is 3.42. The Balaban J connectivity index is 2.21. The lowest BCUT2D eigenvalue weighted by Crippen LogP contribution is -2.26. The van der Waals surface area contributed by atoms with Crippen molar-refractivity contribution in [1.29, 1.82) is 0 Å². The molecule has 4 nitrogen and oxygen atoms in total. The van der Waals surface area contributed by atoms with Crippen molar-refractivity contribution >= 4 is 5.91 Å². The fourth-order valence-corrected chi connectivity index (χ4v) is 2.45. The Morgan fingerprint density at radius 3 is 2.85 bits per heavy atom. The molecule has 0 fully saturated rings. The zero-order valence-corrected chi connectivity index (χ0v) is 12.4. The largest absolute Gasteiger partial charge is 0.464 e. The number of aromatic nitrogens is 1. The molecule has 0 aliphatic carbocycles. The standard InChI is InChI=1S/C16H22N2O2/c1-4-5-6-9-17-16(19)15-14(12(2)11-18(15)3)13-8-7-10-20-13/h7-8,10-11H,4-6,9H2,1-3H3,(H,17,19). The maximum Gasteiger partial charge on any atom is 0.268 e. The normalized spacial score (nSPS) is 10.8. The van der Waals surface area contributed by atoms with E-state index in [2.05, 4.69) is 12.2 Å². The summed E-state index contributed by atoms with van der Waals surface area (Å²) in [5.41, 5.74) is 2.58. The summed E-state index contributed by atoms with van der Waals surface area (Å²) in [5, 5.41) is 2.99. The monoisotopic (exact) mass is 274 g/mol. The first-order valence-corrected chi connectivity index (χ1v) is 7.13. The summed E-state index contributed by atoms with van der Waals surface area (Å²) >= 11 is 0. The lowest BCUT2D eigenvalue weighted by atomic mass is 10.1. The lowest BCUT2D eigenvalue weighted by Gasteiger charge is -2.08. The van der Waals surface area contributed by atoms with E-state index in [0.29, 0.717) is 12.2 Å². The van der Waals surface area contributed by atoms with E-state index in [-0.39, 0.29) is 5.91 Å². The van der Waals surface area contributed by atoms with E-state index in [9.17, 15) is 4.79 Å². The second-order valence-corrected chi connectivity index (χ2v) is 5.09.